The maximum Gasteiger partial charge on any atom is 0.251 e. The van der Waals surface area contributed by atoms with Crippen molar-refractivity contribution in [2.24, 2.45) is 0 Å². The summed E-state index contributed by atoms with van der Waals surface area (Å²) in [5.41, 5.74) is 0.610. The quantitative estimate of drug-likeness (QED) is 0.787. The number of halogens is 1. The summed E-state index contributed by atoms with van der Waals surface area (Å²) in [4.78, 5) is 11.8. The second kappa shape index (κ2) is 8.11. The minimum Gasteiger partial charge on any atom is -0.496 e. The number of methoxy groups -OCH3 is 1. The van der Waals surface area contributed by atoms with E-state index in [1.807, 2.05) is 6.92 Å². The summed E-state index contributed by atoms with van der Waals surface area (Å²) >= 11 is 3.35. The molecular formula is C13H18BrNO3. The molecule has 5 heteroatoms. The largest absolute Gasteiger partial charge is 0.496 e. The van der Waals surface area contributed by atoms with Crippen LogP contribution in [0.15, 0.2) is 22.7 Å². The van der Waals surface area contributed by atoms with Gasteiger partial charge in [-0.05, 0) is 47.5 Å². The van der Waals surface area contributed by atoms with Crippen molar-refractivity contribution < 1.29 is 14.3 Å². The van der Waals surface area contributed by atoms with Crippen LogP contribution in [0.2, 0.25) is 0 Å². The SMILES string of the molecule is CCOCCCNC(=O)c1ccc(OC)c(Br)c1. The normalized spacial score (nSPS) is 10.2. The van der Waals surface area contributed by atoms with Crippen LogP contribution in [0.4, 0.5) is 0 Å². The van der Waals surface area contributed by atoms with Gasteiger partial charge in [0.1, 0.15) is 5.75 Å². The van der Waals surface area contributed by atoms with Gasteiger partial charge in [0.2, 0.25) is 0 Å². The number of hydrogen-bond acceptors (Lipinski definition) is 3. The van der Waals surface area contributed by atoms with E-state index in [0.717, 1.165) is 10.9 Å². The Kier molecular flexibility index (Phi) is 6.75. The Morgan fingerprint density at radius 2 is 2.22 bits per heavy atom. The summed E-state index contributed by atoms with van der Waals surface area (Å²) in [6.07, 6.45) is 0.816. The first-order chi connectivity index (χ1) is 8.69. The van der Waals surface area contributed by atoms with Crippen LogP contribution >= 0.6 is 15.9 Å². The van der Waals surface area contributed by atoms with Gasteiger partial charge in [0, 0.05) is 25.3 Å². The fourth-order valence-electron chi connectivity index (χ4n) is 1.43. The van der Waals surface area contributed by atoms with E-state index in [-0.39, 0.29) is 5.91 Å². The molecule has 0 atom stereocenters. The van der Waals surface area contributed by atoms with Crippen molar-refractivity contribution in [2.45, 2.75) is 13.3 Å². The monoisotopic (exact) mass is 315 g/mol. The predicted octanol–water partition coefficient (Wildman–Crippen LogP) is 2.61. The van der Waals surface area contributed by atoms with Crippen molar-refractivity contribution in [3.05, 3.63) is 28.2 Å². The van der Waals surface area contributed by atoms with Crippen molar-refractivity contribution in [1.29, 1.82) is 0 Å². The van der Waals surface area contributed by atoms with Crippen LogP contribution in [0.1, 0.15) is 23.7 Å². The van der Waals surface area contributed by atoms with E-state index in [2.05, 4.69) is 21.2 Å². The van der Waals surface area contributed by atoms with Crippen molar-refractivity contribution >= 4 is 21.8 Å². The van der Waals surface area contributed by atoms with Crippen LogP contribution in [0.3, 0.4) is 0 Å². The van der Waals surface area contributed by atoms with Crippen LogP contribution in [0.5, 0.6) is 5.75 Å². The summed E-state index contributed by atoms with van der Waals surface area (Å²) in [7, 11) is 1.59. The van der Waals surface area contributed by atoms with Gasteiger partial charge in [-0.25, -0.2) is 0 Å². The average Bonchev–Trinajstić information content (AvgIpc) is 2.38. The van der Waals surface area contributed by atoms with Crippen LogP contribution in [-0.4, -0.2) is 32.8 Å². The first kappa shape index (κ1) is 15.0. The highest BCUT2D eigenvalue weighted by molar-refractivity contribution is 9.10. The Labute approximate surface area is 116 Å². The maximum atomic E-state index is 11.8. The van der Waals surface area contributed by atoms with Gasteiger partial charge in [0.05, 0.1) is 11.6 Å². The number of carbonyl (C=O) groups is 1. The van der Waals surface area contributed by atoms with Crippen molar-refractivity contribution in [3.63, 3.8) is 0 Å². The molecule has 0 aromatic heterocycles. The molecule has 0 aliphatic heterocycles. The molecule has 0 spiro atoms. The fourth-order valence-corrected chi connectivity index (χ4v) is 1.97. The molecule has 18 heavy (non-hydrogen) atoms. The Balaban J connectivity index is 2.44. The van der Waals surface area contributed by atoms with Crippen molar-refractivity contribution in [3.8, 4) is 5.75 Å². The van der Waals surface area contributed by atoms with E-state index >= 15 is 0 Å². The third-order valence-corrected chi connectivity index (χ3v) is 2.99. The summed E-state index contributed by atoms with van der Waals surface area (Å²) in [5.74, 6) is 0.623. The van der Waals surface area contributed by atoms with E-state index in [0.29, 0.717) is 31.1 Å². The van der Waals surface area contributed by atoms with Gasteiger partial charge in [-0.15, -0.1) is 0 Å². The van der Waals surface area contributed by atoms with Crippen LogP contribution in [0.25, 0.3) is 0 Å². The number of benzene rings is 1. The molecule has 0 bridgehead atoms. The smallest absolute Gasteiger partial charge is 0.251 e. The standard InChI is InChI=1S/C13H18BrNO3/c1-3-18-8-4-7-15-13(16)10-5-6-12(17-2)11(14)9-10/h5-6,9H,3-4,7-8H2,1-2H3,(H,15,16). The van der Waals surface area contributed by atoms with Crippen molar-refractivity contribution in [2.75, 3.05) is 26.9 Å². The van der Waals surface area contributed by atoms with Crippen LogP contribution in [-0.2, 0) is 4.74 Å². The molecule has 4 nitrogen and oxygen atoms in total. The Morgan fingerprint density at radius 1 is 1.44 bits per heavy atom. The Morgan fingerprint density at radius 3 is 2.83 bits per heavy atom. The minimum atomic E-state index is -0.0881. The second-order valence-electron chi connectivity index (χ2n) is 3.66. The number of ether oxygens (including phenoxy) is 2. The molecule has 0 unspecified atom stereocenters. The molecule has 100 valence electrons. The lowest BCUT2D eigenvalue weighted by atomic mass is 10.2. The molecule has 0 saturated heterocycles. The number of hydrogen-bond donors (Lipinski definition) is 1. The summed E-state index contributed by atoms with van der Waals surface area (Å²) in [6.45, 7) is 3.94. The van der Waals surface area contributed by atoms with Crippen LogP contribution in [0, 0.1) is 0 Å². The molecule has 1 aromatic carbocycles. The first-order valence-electron chi connectivity index (χ1n) is 5.88. The van der Waals surface area contributed by atoms with Gasteiger partial charge < -0.3 is 14.8 Å². The first-order valence-corrected chi connectivity index (χ1v) is 6.67. The molecule has 1 N–H and O–H groups in total. The predicted molar refractivity (Wildman–Crippen MR) is 74.1 cm³/mol. The van der Waals surface area contributed by atoms with E-state index in [1.54, 1.807) is 25.3 Å². The fraction of sp³-hybridized carbons (Fsp3) is 0.462. The summed E-state index contributed by atoms with van der Waals surface area (Å²) in [5, 5.41) is 2.84. The van der Waals surface area contributed by atoms with E-state index < -0.39 is 0 Å². The van der Waals surface area contributed by atoms with E-state index in [9.17, 15) is 4.79 Å². The van der Waals surface area contributed by atoms with E-state index in [4.69, 9.17) is 9.47 Å². The zero-order valence-corrected chi connectivity index (χ0v) is 12.2. The zero-order chi connectivity index (χ0) is 13.4. The number of nitrogens with one attached hydrogen (secondary N) is 1. The third-order valence-electron chi connectivity index (χ3n) is 2.37. The van der Waals surface area contributed by atoms with Gasteiger partial charge in [0.15, 0.2) is 0 Å². The summed E-state index contributed by atoms with van der Waals surface area (Å²) < 4.78 is 11.1. The van der Waals surface area contributed by atoms with Crippen LogP contribution < -0.4 is 10.1 Å². The molecular weight excluding hydrogens is 298 g/mol. The Hall–Kier alpha value is -1.07. The topological polar surface area (TPSA) is 47.6 Å². The molecule has 0 fully saturated rings. The second-order valence-corrected chi connectivity index (χ2v) is 4.51. The van der Waals surface area contributed by atoms with Gasteiger partial charge in [-0.3, -0.25) is 4.79 Å². The molecule has 1 aromatic rings. The number of rotatable bonds is 7. The summed E-state index contributed by atoms with van der Waals surface area (Å²) in [6, 6.07) is 5.25. The number of carbonyl (C=O) groups excluding carboxylic acids is 1. The molecule has 0 aliphatic rings. The lowest BCUT2D eigenvalue weighted by Gasteiger charge is -2.07. The third kappa shape index (κ3) is 4.66. The van der Waals surface area contributed by atoms with Gasteiger partial charge in [-0.1, -0.05) is 0 Å². The van der Waals surface area contributed by atoms with Gasteiger partial charge >= 0.3 is 0 Å². The highest BCUT2D eigenvalue weighted by Gasteiger charge is 2.07. The molecule has 1 rings (SSSR count). The van der Waals surface area contributed by atoms with E-state index in [1.165, 1.54) is 0 Å². The maximum absolute atomic E-state index is 11.8. The zero-order valence-electron chi connectivity index (χ0n) is 10.7. The number of amides is 1. The van der Waals surface area contributed by atoms with Crippen molar-refractivity contribution in [1.82, 2.24) is 5.32 Å². The molecule has 0 radical (unpaired) electrons. The van der Waals surface area contributed by atoms with Gasteiger partial charge in [0.25, 0.3) is 5.91 Å². The lowest BCUT2D eigenvalue weighted by Crippen LogP contribution is -2.25. The minimum absolute atomic E-state index is 0.0881. The molecule has 0 saturated carbocycles. The molecule has 0 heterocycles. The molecule has 0 aliphatic carbocycles. The lowest BCUT2D eigenvalue weighted by molar-refractivity contribution is 0.0944. The molecule has 1 amide bonds. The van der Waals surface area contributed by atoms with Gasteiger partial charge in [-0.2, -0.15) is 0 Å². The average molecular weight is 316 g/mol. The highest BCUT2D eigenvalue weighted by atomic mass is 79.9. The highest BCUT2D eigenvalue weighted by Crippen LogP contribution is 2.25. The Bertz CT molecular complexity index is 396.